The Balaban J connectivity index is 1.75. The fraction of sp³-hybridized carbons (Fsp3) is 0.190. The molecule has 3 N–H and O–H groups in total. The summed E-state index contributed by atoms with van der Waals surface area (Å²) in [6, 6.07) is 9.58. The maximum absolute atomic E-state index is 12.9. The number of thiophene rings is 1. The zero-order valence-electron chi connectivity index (χ0n) is 18.0. The van der Waals surface area contributed by atoms with Crippen molar-refractivity contribution in [3.05, 3.63) is 67.7 Å². The number of methoxy groups -OCH3 is 1. The number of ether oxygens (including phenoxy) is 1. The lowest BCUT2D eigenvalue weighted by Gasteiger charge is -2.14. The Kier molecular flexibility index (Phi) is 6.20. The Labute approximate surface area is 196 Å². The van der Waals surface area contributed by atoms with Gasteiger partial charge in [-0.25, -0.2) is 4.79 Å². The third-order valence-electron chi connectivity index (χ3n) is 4.93. The molecule has 0 bridgehead atoms. The molecule has 4 rings (SSSR count). The van der Waals surface area contributed by atoms with Crippen molar-refractivity contribution in [2.24, 2.45) is 7.05 Å². The molecule has 0 aliphatic rings. The second-order valence-corrected chi connectivity index (χ2v) is 8.97. The van der Waals surface area contributed by atoms with Crippen molar-refractivity contribution >= 4 is 34.7 Å². The standard InChI is InChI=1S/C21H20N6O4S2/c1-11-6-7-14(31-3)12(9-11)27-18(15-5-4-8-32-15)24-25-21(27)33-10-13(28)16-17(22)26(2)20(30)23-19(16)29/h4-9H,10,22H2,1-3H3,(H,23,29,30). The van der Waals surface area contributed by atoms with E-state index < -0.39 is 17.0 Å². The van der Waals surface area contributed by atoms with Gasteiger partial charge in [0.1, 0.15) is 17.1 Å². The van der Waals surface area contributed by atoms with Crippen LogP contribution < -0.4 is 21.7 Å². The van der Waals surface area contributed by atoms with E-state index in [0.717, 1.165) is 32.5 Å². The molecule has 3 heterocycles. The molecule has 12 heteroatoms. The molecule has 170 valence electrons. The number of hydrogen-bond acceptors (Lipinski definition) is 9. The number of anilines is 1. The van der Waals surface area contributed by atoms with Crippen LogP contribution in [-0.4, -0.2) is 43.0 Å². The molecule has 10 nitrogen and oxygen atoms in total. The number of nitrogens with one attached hydrogen (secondary N) is 1. The number of hydrogen-bond donors (Lipinski definition) is 2. The van der Waals surface area contributed by atoms with E-state index in [2.05, 4.69) is 15.2 Å². The summed E-state index contributed by atoms with van der Waals surface area (Å²) in [4.78, 5) is 39.8. The second kappa shape index (κ2) is 9.08. The summed E-state index contributed by atoms with van der Waals surface area (Å²) >= 11 is 2.62. The van der Waals surface area contributed by atoms with Crippen molar-refractivity contribution in [2.75, 3.05) is 18.6 Å². The molecule has 33 heavy (non-hydrogen) atoms. The molecule has 0 aliphatic heterocycles. The topological polar surface area (TPSA) is 138 Å². The molecule has 0 unspecified atom stereocenters. The van der Waals surface area contributed by atoms with Crippen LogP contribution in [0.1, 0.15) is 15.9 Å². The second-order valence-electron chi connectivity index (χ2n) is 7.08. The molecular formula is C21H20N6O4S2. The maximum Gasteiger partial charge on any atom is 0.329 e. The number of benzene rings is 1. The van der Waals surface area contributed by atoms with Crippen molar-refractivity contribution < 1.29 is 9.53 Å². The van der Waals surface area contributed by atoms with E-state index in [4.69, 9.17) is 10.5 Å². The average Bonchev–Trinajstić information content (AvgIpc) is 3.45. The highest BCUT2D eigenvalue weighted by Gasteiger charge is 2.23. The largest absolute Gasteiger partial charge is 0.495 e. The summed E-state index contributed by atoms with van der Waals surface area (Å²) < 4.78 is 8.40. The van der Waals surface area contributed by atoms with E-state index in [1.54, 1.807) is 7.11 Å². The lowest BCUT2D eigenvalue weighted by atomic mass is 10.2. The summed E-state index contributed by atoms with van der Waals surface area (Å²) in [6.45, 7) is 1.96. The highest BCUT2D eigenvalue weighted by Crippen LogP contribution is 2.34. The minimum absolute atomic E-state index is 0.137. The van der Waals surface area contributed by atoms with Crippen LogP contribution in [0.4, 0.5) is 5.82 Å². The monoisotopic (exact) mass is 484 g/mol. The lowest BCUT2D eigenvalue weighted by Crippen LogP contribution is -2.35. The molecule has 1 aromatic carbocycles. The fourth-order valence-electron chi connectivity index (χ4n) is 3.23. The number of nitrogens with two attached hydrogens (primary N) is 1. The Morgan fingerprint density at radius 1 is 1.27 bits per heavy atom. The number of nitrogens with zero attached hydrogens (tertiary/aromatic N) is 4. The van der Waals surface area contributed by atoms with Gasteiger partial charge in [0.05, 0.1) is 23.4 Å². The number of nitrogen functional groups attached to an aromatic ring is 1. The number of aromatic amines is 1. The minimum Gasteiger partial charge on any atom is -0.495 e. The summed E-state index contributed by atoms with van der Waals surface area (Å²) in [7, 11) is 2.96. The number of carbonyl (C=O) groups is 1. The van der Waals surface area contributed by atoms with Gasteiger partial charge in [0.25, 0.3) is 5.56 Å². The normalized spacial score (nSPS) is 11.0. The van der Waals surface area contributed by atoms with E-state index in [0.29, 0.717) is 16.7 Å². The van der Waals surface area contributed by atoms with Crippen LogP contribution in [-0.2, 0) is 7.05 Å². The SMILES string of the molecule is COc1ccc(C)cc1-n1c(SCC(=O)c2c(N)n(C)c(=O)[nH]c2=O)nnc1-c1cccs1. The third-order valence-corrected chi connectivity index (χ3v) is 6.73. The number of Topliss-reactive ketones (excluding diaryl/α,β-unsaturated/α-hetero) is 1. The Morgan fingerprint density at radius 2 is 2.06 bits per heavy atom. The number of aryl methyl sites for hydroxylation is 1. The summed E-state index contributed by atoms with van der Waals surface area (Å²) in [5, 5.41) is 11.0. The minimum atomic E-state index is -0.817. The Morgan fingerprint density at radius 3 is 2.76 bits per heavy atom. The number of thioether (sulfide) groups is 1. The third kappa shape index (κ3) is 4.22. The van der Waals surface area contributed by atoms with Crippen molar-refractivity contribution in [3.8, 4) is 22.1 Å². The van der Waals surface area contributed by atoms with Crippen LogP contribution in [0.2, 0.25) is 0 Å². The van der Waals surface area contributed by atoms with E-state index in [1.165, 1.54) is 18.4 Å². The van der Waals surface area contributed by atoms with Gasteiger partial charge >= 0.3 is 5.69 Å². The molecule has 0 fully saturated rings. The number of rotatable bonds is 7. The molecule has 0 saturated heterocycles. The van der Waals surface area contributed by atoms with Gasteiger partial charge < -0.3 is 10.5 Å². The quantitative estimate of drug-likeness (QED) is 0.301. The van der Waals surface area contributed by atoms with Crippen molar-refractivity contribution in [3.63, 3.8) is 0 Å². The van der Waals surface area contributed by atoms with Gasteiger partial charge in [0, 0.05) is 7.05 Å². The molecular weight excluding hydrogens is 464 g/mol. The van der Waals surface area contributed by atoms with E-state index in [1.807, 2.05) is 47.2 Å². The van der Waals surface area contributed by atoms with Gasteiger partial charge in [0.2, 0.25) is 0 Å². The number of aromatic nitrogens is 5. The number of H-pyrrole nitrogens is 1. The smallest absolute Gasteiger partial charge is 0.329 e. The zero-order chi connectivity index (χ0) is 23.7. The number of ketones is 1. The van der Waals surface area contributed by atoms with Crippen LogP contribution in [0.3, 0.4) is 0 Å². The molecule has 0 aliphatic carbocycles. The van der Waals surface area contributed by atoms with E-state index >= 15 is 0 Å². The molecule has 0 atom stereocenters. The number of carbonyl (C=O) groups excluding carboxylic acids is 1. The average molecular weight is 485 g/mol. The van der Waals surface area contributed by atoms with E-state index in [-0.39, 0.29) is 17.1 Å². The molecule has 3 aromatic heterocycles. The fourth-order valence-corrected chi connectivity index (χ4v) is 4.74. The van der Waals surface area contributed by atoms with Crippen molar-refractivity contribution in [2.45, 2.75) is 12.1 Å². The molecule has 4 aromatic rings. The van der Waals surface area contributed by atoms with Gasteiger partial charge in [-0.1, -0.05) is 23.9 Å². The maximum atomic E-state index is 12.9. The predicted molar refractivity (Wildman–Crippen MR) is 128 cm³/mol. The van der Waals surface area contributed by atoms with Gasteiger partial charge in [-0.3, -0.25) is 23.7 Å². The molecule has 0 amide bonds. The van der Waals surface area contributed by atoms with Crippen LogP contribution >= 0.6 is 23.1 Å². The Hall–Kier alpha value is -3.64. The summed E-state index contributed by atoms with van der Waals surface area (Å²) in [5.41, 5.74) is 5.83. The summed E-state index contributed by atoms with van der Waals surface area (Å²) in [5.74, 6) is 0.365. The van der Waals surface area contributed by atoms with Gasteiger partial charge in [-0.2, -0.15) is 0 Å². The zero-order valence-corrected chi connectivity index (χ0v) is 19.6. The van der Waals surface area contributed by atoms with Crippen molar-refractivity contribution in [1.29, 1.82) is 0 Å². The first kappa shape index (κ1) is 22.6. The summed E-state index contributed by atoms with van der Waals surface area (Å²) in [6.07, 6.45) is 0. The molecule has 0 saturated carbocycles. The predicted octanol–water partition coefficient (Wildman–Crippen LogP) is 2.26. The van der Waals surface area contributed by atoms with Crippen molar-refractivity contribution in [1.82, 2.24) is 24.3 Å². The van der Waals surface area contributed by atoms with Gasteiger partial charge in [-0.15, -0.1) is 21.5 Å². The van der Waals surface area contributed by atoms with Gasteiger partial charge in [-0.05, 0) is 36.1 Å². The van der Waals surface area contributed by atoms with E-state index in [9.17, 15) is 14.4 Å². The highest BCUT2D eigenvalue weighted by atomic mass is 32.2. The highest BCUT2D eigenvalue weighted by molar-refractivity contribution is 7.99. The molecule has 0 radical (unpaired) electrons. The van der Waals surface area contributed by atoms with Crippen LogP contribution in [0.5, 0.6) is 5.75 Å². The first-order chi connectivity index (χ1) is 15.8. The van der Waals surface area contributed by atoms with Crippen LogP contribution in [0, 0.1) is 6.92 Å². The lowest BCUT2D eigenvalue weighted by molar-refractivity contribution is 0.102. The Bertz CT molecular complexity index is 1450. The van der Waals surface area contributed by atoms with Gasteiger partial charge in [0.15, 0.2) is 16.8 Å². The first-order valence-electron chi connectivity index (χ1n) is 9.71. The van der Waals surface area contributed by atoms with Crippen LogP contribution in [0.15, 0.2) is 50.5 Å². The first-order valence-corrected chi connectivity index (χ1v) is 11.6. The van der Waals surface area contributed by atoms with Crippen LogP contribution in [0.25, 0.3) is 16.4 Å². The molecule has 0 spiro atoms.